The van der Waals surface area contributed by atoms with Crippen molar-refractivity contribution >= 4 is 29.1 Å². The van der Waals surface area contributed by atoms with Gasteiger partial charge in [-0.05, 0) is 44.9 Å². The van der Waals surface area contributed by atoms with E-state index in [-0.39, 0.29) is 11.9 Å². The smallest absolute Gasteiger partial charge is 0.220 e. The average Bonchev–Trinajstić information content (AvgIpc) is 2.29. The summed E-state index contributed by atoms with van der Waals surface area (Å²) in [6, 6.07) is 5.39. The molecule has 1 amide bonds. The molecule has 106 valence electrons. The first kappa shape index (κ1) is 16.3. The number of nitrogens with two attached hydrogens (primary N) is 1. The Morgan fingerprint density at radius 1 is 1.37 bits per heavy atom. The molecule has 19 heavy (non-hydrogen) atoms. The van der Waals surface area contributed by atoms with Crippen LogP contribution in [0.2, 0.25) is 10.0 Å². The lowest BCUT2D eigenvalue weighted by molar-refractivity contribution is -0.122. The van der Waals surface area contributed by atoms with Gasteiger partial charge in [-0.15, -0.1) is 0 Å². The molecule has 0 aliphatic rings. The van der Waals surface area contributed by atoms with Crippen LogP contribution in [0.4, 0.5) is 0 Å². The van der Waals surface area contributed by atoms with E-state index in [1.54, 1.807) is 12.1 Å². The zero-order valence-electron chi connectivity index (χ0n) is 11.5. The fourth-order valence-electron chi connectivity index (χ4n) is 1.73. The van der Waals surface area contributed by atoms with Gasteiger partial charge in [0.25, 0.3) is 0 Å². The van der Waals surface area contributed by atoms with Crippen molar-refractivity contribution in [2.45, 2.75) is 45.2 Å². The molecule has 0 aromatic heterocycles. The molecule has 5 heteroatoms. The molecule has 3 N–H and O–H groups in total. The highest BCUT2D eigenvalue weighted by Gasteiger charge is 2.23. The van der Waals surface area contributed by atoms with E-state index in [9.17, 15) is 4.79 Å². The second-order valence-corrected chi connectivity index (χ2v) is 6.13. The molecule has 0 fully saturated rings. The molecule has 0 heterocycles. The summed E-state index contributed by atoms with van der Waals surface area (Å²) in [5, 5.41) is 3.97. The van der Waals surface area contributed by atoms with E-state index < -0.39 is 5.54 Å². The Balaban J connectivity index is 2.74. The largest absolute Gasteiger partial charge is 0.347 e. The van der Waals surface area contributed by atoms with Gasteiger partial charge in [-0.3, -0.25) is 4.79 Å². The highest BCUT2D eigenvalue weighted by molar-refractivity contribution is 6.42. The van der Waals surface area contributed by atoms with Crippen molar-refractivity contribution in [1.82, 2.24) is 5.32 Å². The van der Waals surface area contributed by atoms with Gasteiger partial charge in [0.1, 0.15) is 0 Å². The summed E-state index contributed by atoms with van der Waals surface area (Å²) in [4.78, 5) is 11.9. The number of halogens is 2. The van der Waals surface area contributed by atoms with Crippen molar-refractivity contribution in [3.63, 3.8) is 0 Å². The second kappa shape index (κ2) is 6.60. The number of hydrogen-bond acceptors (Lipinski definition) is 2. The van der Waals surface area contributed by atoms with Gasteiger partial charge in [-0.1, -0.05) is 29.3 Å². The van der Waals surface area contributed by atoms with E-state index >= 15 is 0 Å². The summed E-state index contributed by atoms with van der Waals surface area (Å²) in [6.07, 6.45) is 1.09. The fraction of sp³-hybridized carbons (Fsp3) is 0.500. The Morgan fingerprint density at radius 3 is 2.53 bits per heavy atom. The monoisotopic (exact) mass is 302 g/mol. The third kappa shape index (κ3) is 5.01. The molecule has 1 aromatic rings. The van der Waals surface area contributed by atoms with E-state index in [4.69, 9.17) is 28.9 Å². The summed E-state index contributed by atoms with van der Waals surface area (Å²) >= 11 is 11.9. The Hall–Kier alpha value is -0.770. The Bertz CT molecular complexity index is 459. The molecule has 0 radical (unpaired) electrons. The van der Waals surface area contributed by atoms with Crippen LogP contribution in [0.15, 0.2) is 18.2 Å². The molecule has 0 aliphatic heterocycles. The van der Waals surface area contributed by atoms with Gasteiger partial charge in [0.2, 0.25) is 5.91 Å². The standard InChI is InChI=1S/C14H20Cl2N2O/c1-9(17)4-7-13(19)18-14(2,3)10-5-6-11(15)12(16)8-10/h5-6,8-9H,4,7,17H2,1-3H3,(H,18,19). The van der Waals surface area contributed by atoms with Gasteiger partial charge in [0.05, 0.1) is 15.6 Å². The van der Waals surface area contributed by atoms with Gasteiger partial charge in [0.15, 0.2) is 0 Å². The van der Waals surface area contributed by atoms with Crippen molar-refractivity contribution in [3.05, 3.63) is 33.8 Å². The summed E-state index contributed by atoms with van der Waals surface area (Å²) < 4.78 is 0. The number of carbonyl (C=O) groups is 1. The predicted octanol–water partition coefficient (Wildman–Crippen LogP) is 3.47. The Kier molecular flexibility index (Phi) is 5.65. The average molecular weight is 303 g/mol. The molecule has 1 rings (SSSR count). The number of hydrogen-bond donors (Lipinski definition) is 2. The van der Waals surface area contributed by atoms with Crippen LogP contribution in [0.5, 0.6) is 0 Å². The quantitative estimate of drug-likeness (QED) is 0.875. The molecule has 0 bridgehead atoms. The second-order valence-electron chi connectivity index (χ2n) is 5.32. The minimum Gasteiger partial charge on any atom is -0.347 e. The van der Waals surface area contributed by atoms with E-state index in [2.05, 4.69) is 5.32 Å². The first-order chi connectivity index (χ1) is 8.72. The van der Waals surface area contributed by atoms with Gasteiger partial charge >= 0.3 is 0 Å². The molecule has 0 spiro atoms. The van der Waals surface area contributed by atoms with Gasteiger partial charge in [0, 0.05) is 12.5 Å². The third-order valence-corrected chi connectivity index (χ3v) is 3.66. The van der Waals surface area contributed by atoms with E-state index in [1.807, 2.05) is 26.8 Å². The maximum atomic E-state index is 11.9. The van der Waals surface area contributed by atoms with E-state index in [1.165, 1.54) is 0 Å². The maximum absolute atomic E-state index is 11.9. The molecule has 1 unspecified atom stereocenters. The third-order valence-electron chi connectivity index (χ3n) is 2.92. The molecular formula is C14H20Cl2N2O. The highest BCUT2D eigenvalue weighted by atomic mass is 35.5. The van der Waals surface area contributed by atoms with Gasteiger partial charge < -0.3 is 11.1 Å². The first-order valence-electron chi connectivity index (χ1n) is 6.24. The highest BCUT2D eigenvalue weighted by Crippen LogP contribution is 2.28. The van der Waals surface area contributed by atoms with Crippen LogP contribution in [0.25, 0.3) is 0 Å². The summed E-state index contributed by atoms with van der Waals surface area (Å²) in [5.41, 5.74) is 6.06. The van der Waals surface area contributed by atoms with Crippen molar-refractivity contribution < 1.29 is 4.79 Å². The van der Waals surface area contributed by atoms with Crippen LogP contribution in [0, 0.1) is 0 Å². The van der Waals surface area contributed by atoms with Crippen molar-refractivity contribution in [1.29, 1.82) is 0 Å². The van der Waals surface area contributed by atoms with Crippen LogP contribution in [0.3, 0.4) is 0 Å². The lowest BCUT2D eigenvalue weighted by atomic mass is 9.94. The van der Waals surface area contributed by atoms with Crippen LogP contribution in [-0.2, 0) is 10.3 Å². The van der Waals surface area contributed by atoms with Crippen LogP contribution in [0.1, 0.15) is 39.2 Å². The van der Waals surface area contributed by atoms with Crippen molar-refractivity contribution in [2.24, 2.45) is 5.73 Å². The zero-order chi connectivity index (χ0) is 14.6. The lowest BCUT2D eigenvalue weighted by Crippen LogP contribution is -2.41. The molecular weight excluding hydrogens is 283 g/mol. The molecule has 0 saturated heterocycles. The normalized spacial score (nSPS) is 13.2. The molecule has 1 aromatic carbocycles. The number of nitrogens with one attached hydrogen (secondary N) is 1. The SMILES string of the molecule is CC(N)CCC(=O)NC(C)(C)c1ccc(Cl)c(Cl)c1. The summed E-state index contributed by atoms with van der Waals surface area (Å²) in [7, 11) is 0. The maximum Gasteiger partial charge on any atom is 0.220 e. The fourth-order valence-corrected chi connectivity index (χ4v) is 2.02. The minimum atomic E-state index is -0.497. The predicted molar refractivity (Wildman–Crippen MR) is 80.5 cm³/mol. The Morgan fingerprint density at radius 2 is 2.00 bits per heavy atom. The topological polar surface area (TPSA) is 55.1 Å². The van der Waals surface area contributed by atoms with E-state index in [0.29, 0.717) is 22.9 Å². The van der Waals surface area contributed by atoms with Gasteiger partial charge in [-0.2, -0.15) is 0 Å². The van der Waals surface area contributed by atoms with Crippen molar-refractivity contribution in [2.75, 3.05) is 0 Å². The van der Waals surface area contributed by atoms with Crippen LogP contribution < -0.4 is 11.1 Å². The summed E-state index contributed by atoms with van der Waals surface area (Å²) in [5.74, 6) is -0.0200. The number of amides is 1. The number of benzene rings is 1. The zero-order valence-corrected chi connectivity index (χ0v) is 13.0. The van der Waals surface area contributed by atoms with Crippen LogP contribution in [-0.4, -0.2) is 11.9 Å². The minimum absolute atomic E-state index is 0.0200. The van der Waals surface area contributed by atoms with Gasteiger partial charge in [-0.25, -0.2) is 0 Å². The van der Waals surface area contributed by atoms with Crippen LogP contribution >= 0.6 is 23.2 Å². The molecule has 0 aliphatic carbocycles. The number of rotatable bonds is 5. The molecule has 1 atom stereocenters. The first-order valence-corrected chi connectivity index (χ1v) is 7.00. The molecule has 3 nitrogen and oxygen atoms in total. The molecule has 0 saturated carbocycles. The Labute approximate surface area is 124 Å². The number of carbonyl (C=O) groups excluding carboxylic acids is 1. The lowest BCUT2D eigenvalue weighted by Gasteiger charge is -2.27. The van der Waals surface area contributed by atoms with Crippen molar-refractivity contribution in [3.8, 4) is 0 Å². The van der Waals surface area contributed by atoms with E-state index in [0.717, 1.165) is 5.56 Å². The summed E-state index contributed by atoms with van der Waals surface area (Å²) in [6.45, 7) is 5.74.